The Morgan fingerprint density at radius 1 is 1.00 bits per heavy atom. The van der Waals surface area contributed by atoms with Crippen LogP contribution in [0, 0.1) is 23.2 Å². The lowest BCUT2D eigenvalue weighted by Gasteiger charge is -2.24. The maximum atomic E-state index is 9.94. The second kappa shape index (κ2) is 13.8. The monoisotopic (exact) mass is 586 g/mol. The van der Waals surface area contributed by atoms with E-state index in [2.05, 4.69) is 61.1 Å². The first-order valence-corrected chi connectivity index (χ1v) is 16.3. The number of nitrogens with zero attached hydrogens (tertiary/aromatic N) is 3. The average Bonchev–Trinajstić information content (AvgIpc) is 3.63. The lowest BCUT2D eigenvalue weighted by Crippen LogP contribution is -2.35. The molecule has 0 unspecified atom stereocenters. The molecule has 3 aromatic rings. The summed E-state index contributed by atoms with van der Waals surface area (Å²) in [6, 6.07) is 12.2. The summed E-state index contributed by atoms with van der Waals surface area (Å²) in [5.41, 5.74) is 4.11. The summed E-state index contributed by atoms with van der Waals surface area (Å²) in [7, 11) is 0. The first-order valence-electron chi connectivity index (χ1n) is 16.3. The van der Waals surface area contributed by atoms with Crippen LogP contribution in [0.2, 0.25) is 0 Å². The van der Waals surface area contributed by atoms with Gasteiger partial charge in [0.05, 0.1) is 17.8 Å². The Balaban J connectivity index is 1.15. The molecule has 0 amide bonds. The number of rotatable bonds is 12. The largest absolute Gasteiger partial charge is 0.396 e. The maximum absolute atomic E-state index is 9.94. The van der Waals surface area contributed by atoms with Gasteiger partial charge in [0.15, 0.2) is 11.4 Å². The zero-order chi connectivity index (χ0) is 30.5. The van der Waals surface area contributed by atoms with E-state index in [9.17, 15) is 5.11 Å². The predicted molar refractivity (Wildman–Crippen MR) is 173 cm³/mol. The van der Waals surface area contributed by atoms with Crippen molar-refractivity contribution < 1.29 is 14.6 Å². The molecular weight excluding hydrogens is 536 g/mol. The van der Waals surface area contributed by atoms with Crippen LogP contribution < -0.4 is 5.32 Å². The minimum Gasteiger partial charge on any atom is -0.396 e. The van der Waals surface area contributed by atoms with Gasteiger partial charge < -0.3 is 19.9 Å². The van der Waals surface area contributed by atoms with E-state index in [0.29, 0.717) is 5.41 Å². The summed E-state index contributed by atoms with van der Waals surface area (Å²) in [6.45, 7) is 10.9. The molecule has 0 bridgehead atoms. The van der Waals surface area contributed by atoms with Crippen molar-refractivity contribution in [1.82, 2.24) is 14.6 Å². The van der Waals surface area contributed by atoms with Crippen molar-refractivity contribution in [2.75, 3.05) is 11.9 Å². The third-order valence-electron chi connectivity index (χ3n) is 8.63. The van der Waals surface area contributed by atoms with Gasteiger partial charge in [-0.1, -0.05) is 83.3 Å². The Bertz CT molecular complexity index is 1410. The molecule has 43 heavy (non-hydrogen) atoms. The zero-order valence-corrected chi connectivity index (χ0v) is 26.7. The molecule has 1 aromatic carbocycles. The van der Waals surface area contributed by atoms with E-state index in [1.54, 1.807) is 6.20 Å². The summed E-state index contributed by atoms with van der Waals surface area (Å²) >= 11 is 0. The molecule has 2 aliphatic rings. The quantitative estimate of drug-likeness (QED) is 0.168. The molecule has 2 fully saturated rings. The van der Waals surface area contributed by atoms with Gasteiger partial charge in [0, 0.05) is 42.3 Å². The third kappa shape index (κ3) is 8.38. The number of benzene rings is 1. The fourth-order valence-electron chi connectivity index (χ4n) is 6.42. The highest BCUT2D eigenvalue weighted by Gasteiger charge is 2.53. The molecule has 0 radical (unpaired) electrons. The number of ether oxygens (including phenoxy) is 2. The molecule has 7 heteroatoms. The van der Waals surface area contributed by atoms with E-state index in [4.69, 9.17) is 14.6 Å². The number of anilines is 1. The molecule has 4 atom stereocenters. The van der Waals surface area contributed by atoms with Crippen molar-refractivity contribution in [3.63, 3.8) is 0 Å². The van der Waals surface area contributed by atoms with Crippen molar-refractivity contribution in [3.8, 4) is 23.1 Å². The number of fused-ring (bicyclic) bond motifs is 2. The predicted octanol–water partition coefficient (Wildman–Crippen LogP) is 7.62. The van der Waals surface area contributed by atoms with E-state index in [-0.39, 0.29) is 30.8 Å². The van der Waals surface area contributed by atoms with Crippen LogP contribution in [-0.4, -0.2) is 50.3 Å². The molecule has 232 valence electrons. The molecule has 5 rings (SSSR count). The number of aliphatic hydroxyl groups is 1. The molecule has 1 saturated heterocycles. The van der Waals surface area contributed by atoms with Gasteiger partial charge in [-0.15, -0.1) is 0 Å². The third-order valence-corrected chi connectivity index (χ3v) is 8.63. The number of hydrogen-bond donors (Lipinski definition) is 2. The molecule has 0 spiro atoms. The summed E-state index contributed by atoms with van der Waals surface area (Å²) < 4.78 is 14.2. The van der Waals surface area contributed by atoms with E-state index in [1.807, 2.05) is 36.6 Å². The van der Waals surface area contributed by atoms with Gasteiger partial charge in [-0.25, -0.2) is 4.98 Å². The molecular formula is C36H50N4O3. The topological polar surface area (TPSA) is 80.9 Å². The molecule has 3 heterocycles. The van der Waals surface area contributed by atoms with Crippen LogP contribution in [0.15, 0.2) is 42.6 Å². The van der Waals surface area contributed by atoms with Crippen LogP contribution in [0.5, 0.6) is 0 Å². The molecule has 2 aromatic heterocycles. The van der Waals surface area contributed by atoms with Crippen molar-refractivity contribution in [3.05, 3.63) is 48.2 Å². The minimum atomic E-state index is -0.658. The van der Waals surface area contributed by atoms with E-state index < -0.39 is 5.79 Å². The van der Waals surface area contributed by atoms with Crippen LogP contribution in [0.3, 0.4) is 0 Å². The van der Waals surface area contributed by atoms with Gasteiger partial charge in [0.2, 0.25) is 0 Å². The zero-order valence-electron chi connectivity index (χ0n) is 26.7. The molecule has 7 nitrogen and oxygen atoms in total. The fourth-order valence-corrected chi connectivity index (χ4v) is 6.42. The Kier molecular flexibility index (Phi) is 10.1. The lowest BCUT2D eigenvalue weighted by molar-refractivity contribution is -0.158. The smallest absolute Gasteiger partial charge is 0.163 e. The highest BCUT2D eigenvalue weighted by atomic mass is 16.8. The first kappa shape index (κ1) is 31.5. The summed E-state index contributed by atoms with van der Waals surface area (Å²) in [4.78, 5) is 4.56. The second-order valence-electron chi connectivity index (χ2n) is 14.0. The van der Waals surface area contributed by atoms with E-state index in [1.165, 1.54) is 51.4 Å². The van der Waals surface area contributed by atoms with Gasteiger partial charge in [0.25, 0.3) is 0 Å². The summed E-state index contributed by atoms with van der Waals surface area (Å²) in [5.74, 6) is 6.96. The fraction of sp³-hybridized carbons (Fsp3) is 0.611. The van der Waals surface area contributed by atoms with E-state index in [0.717, 1.165) is 41.1 Å². The van der Waals surface area contributed by atoms with Crippen molar-refractivity contribution in [1.29, 1.82) is 0 Å². The van der Waals surface area contributed by atoms with Gasteiger partial charge in [-0.3, -0.25) is 0 Å². The van der Waals surface area contributed by atoms with Gasteiger partial charge >= 0.3 is 0 Å². The highest BCUT2D eigenvalue weighted by molar-refractivity contribution is 5.67. The van der Waals surface area contributed by atoms with Crippen molar-refractivity contribution >= 4 is 11.5 Å². The van der Waals surface area contributed by atoms with Gasteiger partial charge in [0.1, 0.15) is 11.9 Å². The van der Waals surface area contributed by atoms with E-state index >= 15 is 0 Å². The van der Waals surface area contributed by atoms with Crippen LogP contribution in [0.4, 0.5) is 5.82 Å². The van der Waals surface area contributed by atoms with Crippen molar-refractivity contribution in [2.45, 2.75) is 123 Å². The molecule has 1 aliphatic heterocycles. The standard InChI is InChI=1S/C36H50N4O3/c1-35(2,3)20-14-12-10-8-6-7-9-11-13-16-26-17-15-18-27(22-26)29-24-32-37-21-19-31(40(32)39-29)38-30-23-28(25-41)33-34(30)43-36(4,5)42-33/h15,17-19,21-22,24,28,30,33-34,38,41H,6-12,14,20,23,25H2,1-5H3/t28-,30-,33-,34+/m1/s1. The Hall–Kier alpha value is -2.92. The summed E-state index contributed by atoms with van der Waals surface area (Å²) in [5, 5.41) is 18.5. The molecule has 1 aliphatic carbocycles. The van der Waals surface area contributed by atoms with Gasteiger partial charge in [-0.05, 0) is 56.7 Å². The lowest BCUT2D eigenvalue weighted by atomic mass is 9.89. The Labute approximate surface area is 257 Å². The average molecular weight is 587 g/mol. The minimum absolute atomic E-state index is 0.000732. The SMILES string of the molecule is CC(C)(C)CCCCCCCCCC#Cc1cccc(-c2cc3nccc(N[C@@H]4C[C@H](CO)[C@H]5OC(C)(C)O[C@H]54)n3n2)c1. The highest BCUT2D eigenvalue weighted by Crippen LogP contribution is 2.42. The number of aromatic nitrogens is 3. The number of hydrogen-bond acceptors (Lipinski definition) is 6. The summed E-state index contributed by atoms with van der Waals surface area (Å²) in [6.07, 6.45) is 13.7. The number of nitrogens with one attached hydrogen (secondary N) is 1. The number of unbranched alkanes of at least 4 members (excludes halogenated alkanes) is 7. The first-order chi connectivity index (χ1) is 20.6. The Morgan fingerprint density at radius 2 is 1.74 bits per heavy atom. The second-order valence-corrected chi connectivity index (χ2v) is 14.0. The van der Waals surface area contributed by atoms with Gasteiger partial charge in [-0.2, -0.15) is 9.61 Å². The van der Waals surface area contributed by atoms with Crippen LogP contribution in [0.1, 0.15) is 104 Å². The molecule has 2 N–H and O–H groups in total. The Morgan fingerprint density at radius 3 is 2.51 bits per heavy atom. The van der Waals surface area contributed by atoms with Crippen LogP contribution in [-0.2, 0) is 9.47 Å². The normalized spacial score (nSPS) is 22.8. The van der Waals surface area contributed by atoms with Crippen molar-refractivity contribution in [2.24, 2.45) is 11.3 Å². The van der Waals surface area contributed by atoms with Crippen LogP contribution >= 0.6 is 0 Å². The van der Waals surface area contributed by atoms with Crippen LogP contribution in [0.25, 0.3) is 16.9 Å². The maximum Gasteiger partial charge on any atom is 0.163 e. The molecule has 1 saturated carbocycles. The number of aliphatic hydroxyl groups excluding tert-OH is 1.